The summed E-state index contributed by atoms with van der Waals surface area (Å²) < 4.78 is 11.3. The van der Waals surface area contributed by atoms with E-state index in [1.165, 1.54) is 6.21 Å². The summed E-state index contributed by atoms with van der Waals surface area (Å²) in [7, 11) is 0. The largest absolute Gasteiger partial charge is 0.484 e. The molecule has 0 aliphatic carbocycles. The number of carbonyl (C=O) groups excluding carboxylic acids is 1. The average Bonchev–Trinajstić information content (AvgIpc) is 2.84. The van der Waals surface area contributed by atoms with Crippen molar-refractivity contribution in [2.24, 2.45) is 5.10 Å². The van der Waals surface area contributed by atoms with Gasteiger partial charge in [-0.3, -0.25) is 4.79 Å². The lowest BCUT2D eigenvalue weighted by atomic mass is 10.3. The number of hydrazone groups is 1. The summed E-state index contributed by atoms with van der Waals surface area (Å²) in [6.07, 6.45) is 1.42. The topological polar surface area (TPSA) is 63.8 Å². The highest BCUT2D eigenvalue weighted by molar-refractivity contribution is 14.1. The van der Waals surface area contributed by atoms with Crippen LogP contribution in [-0.2, 0) is 4.79 Å². The molecule has 0 unspecified atom stereocenters. The van der Waals surface area contributed by atoms with E-state index in [0.29, 0.717) is 16.5 Å². The van der Waals surface area contributed by atoms with E-state index < -0.39 is 0 Å². The van der Waals surface area contributed by atoms with Crippen LogP contribution in [-0.4, -0.2) is 18.7 Å². The average molecular weight is 405 g/mol. The number of halogens is 2. The van der Waals surface area contributed by atoms with E-state index in [2.05, 4.69) is 10.5 Å². The fraction of sp³-hybridized carbons (Fsp3) is 0.0769. The number of nitrogens with zero attached hydrogens (tertiary/aromatic N) is 1. The van der Waals surface area contributed by atoms with Crippen molar-refractivity contribution < 1.29 is 13.9 Å². The summed E-state index contributed by atoms with van der Waals surface area (Å²) in [6, 6.07) is 10.3. The smallest absolute Gasteiger partial charge is 0.277 e. The van der Waals surface area contributed by atoms with Crippen LogP contribution >= 0.6 is 34.2 Å². The van der Waals surface area contributed by atoms with Crippen LogP contribution in [0.1, 0.15) is 5.76 Å². The molecule has 1 amide bonds. The first-order chi connectivity index (χ1) is 9.63. The van der Waals surface area contributed by atoms with Gasteiger partial charge < -0.3 is 9.15 Å². The predicted molar refractivity (Wildman–Crippen MR) is 84.1 cm³/mol. The van der Waals surface area contributed by atoms with Crippen LogP contribution in [0.5, 0.6) is 5.75 Å². The maximum Gasteiger partial charge on any atom is 0.277 e. The summed E-state index contributed by atoms with van der Waals surface area (Å²) in [5.74, 6) is 0.764. The maximum atomic E-state index is 11.5. The fourth-order valence-electron chi connectivity index (χ4n) is 1.28. The van der Waals surface area contributed by atoms with Gasteiger partial charge in [-0.2, -0.15) is 5.10 Å². The molecule has 0 aliphatic rings. The lowest BCUT2D eigenvalue weighted by Crippen LogP contribution is -2.24. The molecule has 2 rings (SSSR count). The Bertz CT molecular complexity index is 610. The number of benzene rings is 1. The summed E-state index contributed by atoms with van der Waals surface area (Å²) in [4.78, 5) is 11.5. The van der Waals surface area contributed by atoms with Gasteiger partial charge in [0.15, 0.2) is 10.4 Å². The van der Waals surface area contributed by atoms with Crippen molar-refractivity contribution in [1.29, 1.82) is 0 Å². The molecule has 1 N–H and O–H groups in total. The van der Waals surface area contributed by atoms with Crippen molar-refractivity contribution in [3.63, 3.8) is 0 Å². The minimum Gasteiger partial charge on any atom is -0.484 e. The molecular formula is C13H10ClIN2O3. The van der Waals surface area contributed by atoms with Gasteiger partial charge >= 0.3 is 0 Å². The van der Waals surface area contributed by atoms with Crippen LogP contribution in [0.2, 0.25) is 5.02 Å². The summed E-state index contributed by atoms with van der Waals surface area (Å²) in [5, 5.41) is 4.37. The Kier molecular flexibility index (Phi) is 5.42. The molecule has 0 aliphatic heterocycles. The van der Waals surface area contributed by atoms with E-state index in [-0.39, 0.29) is 12.5 Å². The van der Waals surface area contributed by atoms with Crippen LogP contribution in [0.3, 0.4) is 0 Å². The number of nitrogens with one attached hydrogen (secondary N) is 1. The van der Waals surface area contributed by atoms with Gasteiger partial charge in [-0.25, -0.2) is 5.43 Å². The molecule has 0 saturated heterocycles. The molecule has 0 bridgehead atoms. The zero-order valence-electron chi connectivity index (χ0n) is 10.2. The van der Waals surface area contributed by atoms with Crippen molar-refractivity contribution >= 4 is 46.3 Å². The van der Waals surface area contributed by atoms with E-state index >= 15 is 0 Å². The number of carbonyl (C=O) groups is 1. The number of amides is 1. The molecule has 0 atom stereocenters. The molecule has 7 heteroatoms. The van der Waals surface area contributed by atoms with Gasteiger partial charge in [0.25, 0.3) is 5.91 Å². The van der Waals surface area contributed by atoms with Gasteiger partial charge in [0.05, 0.1) is 6.21 Å². The van der Waals surface area contributed by atoms with E-state index in [0.717, 1.165) is 3.77 Å². The second-order valence-electron chi connectivity index (χ2n) is 3.68. The van der Waals surface area contributed by atoms with E-state index in [4.69, 9.17) is 20.8 Å². The zero-order valence-corrected chi connectivity index (χ0v) is 13.1. The van der Waals surface area contributed by atoms with Gasteiger partial charge in [0, 0.05) is 5.02 Å². The highest BCUT2D eigenvalue weighted by Gasteiger charge is 2.01. The third-order valence-electron chi connectivity index (χ3n) is 2.16. The maximum absolute atomic E-state index is 11.5. The summed E-state index contributed by atoms with van der Waals surface area (Å²) in [6.45, 7) is -0.130. The van der Waals surface area contributed by atoms with Crippen LogP contribution in [0.25, 0.3) is 0 Å². The van der Waals surface area contributed by atoms with Crippen LogP contribution in [0, 0.1) is 3.77 Å². The standard InChI is InChI=1S/C13H10ClIN2O3/c14-9-1-3-10(4-2-9)19-8-13(18)17-16-7-11-5-6-12(15)20-11/h1-7H,8H2,(H,17,18). The van der Waals surface area contributed by atoms with Gasteiger partial charge in [0.1, 0.15) is 11.5 Å². The number of hydrogen-bond donors (Lipinski definition) is 1. The van der Waals surface area contributed by atoms with E-state index in [1.807, 2.05) is 22.6 Å². The Labute approximate surface area is 134 Å². The van der Waals surface area contributed by atoms with Crippen LogP contribution < -0.4 is 10.2 Å². The molecule has 0 radical (unpaired) electrons. The number of hydrogen-bond acceptors (Lipinski definition) is 4. The summed E-state index contributed by atoms with van der Waals surface area (Å²) >= 11 is 7.78. The van der Waals surface area contributed by atoms with Gasteiger partial charge in [-0.1, -0.05) is 11.6 Å². The van der Waals surface area contributed by atoms with Gasteiger partial charge in [-0.05, 0) is 59.0 Å². The Morgan fingerprint density at radius 2 is 2.10 bits per heavy atom. The SMILES string of the molecule is O=C(COc1ccc(Cl)cc1)NN=Cc1ccc(I)o1. The molecule has 0 saturated carbocycles. The van der Waals surface area contributed by atoms with Gasteiger partial charge in [0.2, 0.25) is 0 Å². The zero-order chi connectivity index (χ0) is 14.4. The molecule has 1 aromatic carbocycles. The molecule has 5 nitrogen and oxygen atoms in total. The second-order valence-corrected chi connectivity index (χ2v) is 5.18. The molecule has 0 fully saturated rings. The van der Waals surface area contributed by atoms with Crippen LogP contribution in [0.4, 0.5) is 0 Å². The highest BCUT2D eigenvalue weighted by Crippen LogP contribution is 2.15. The molecule has 104 valence electrons. The molecular weight excluding hydrogens is 395 g/mol. The Hall–Kier alpha value is -1.54. The van der Waals surface area contributed by atoms with Crippen molar-refractivity contribution in [3.05, 3.63) is 50.9 Å². The minimum absolute atomic E-state index is 0.130. The molecule has 2 aromatic rings. The van der Waals surface area contributed by atoms with Crippen molar-refractivity contribution in [3.8, 4) is 5.75 Å². The Morgan fingerprint density at radius 1 is 1.35 bits per heavy atom. The fourth-order valence-corrected chi connectivity index (χ4v) is 1.84. The third kappa shape index (κ3) is 4.86. The minimum atomic E-state index is -0.363. The lowest BCUT2D eigenvalue weighted by Gasteiger charge is -2.04. The first-order valence-corrected chi connectivity index (χ1v) is 7.05. The predicted octanol–water partition coefficient (Wildman–Crippen LogP) is 3.07. The van der Waals surface area contributed by atoms with Crippen molar-refractivity contribution in [2.75, 3.05) is 6.61 Å². The van der Waals surface area contributed by atoms with Gasteiger partial charge in [-0.15, -0.1) is 0 Å². The Balaban J connectivity index is 1.75. The van der Waals surface area contributed by atoms with Crippen molar-refractivity contribution in [1.82, 2.24) is 5.43 Å². The number of ether oxygens (including phenoxy) is 1. The van der Waals surface area contributed by atoms with E-state index in [9.17, 15) is 4.79 Å². The Morgan fingerprint density at radius 3 is 2.75 bits per heavy atom. The van der Waals surface area contributed by atoms with Crippen LogP contribution in [0.15, 0.2) is 45.9 Å². The van der Waals surface area contributed by atoms with E-state index in [1.54, 1.807) is 36.4 Å². The quantitative estimate of drug-likeness (QED) is 0.473. The summed E-state index contributed by atoms with van der Waals surface area (Å²) in [5.41, 5.74) is 2.34. The molecule has 1 aromatic heterocycles. The highest BCUT2D eigenvalue weighted by atomic mass is 127. The lowest BCUT2D eigenvalue weighted by molar-refractivity contribution is -0.123. The molecule has 1 heterocycles. The third-order valence-corrected chi connectivity index (χ3v) is 2.99. The first kappa shape index (κ1) is 14.9. The monoisotopic (exact) mass is 404 g/mol. The molecule has 0 spiro atoms. The normalized spacial score (nSPS) is 10.7. The van der Waals surface area contributed by atoms with Crippen molar-refractivity contribution in [2.45, 2.75) is 0 Å². The second kappa shape index (κ2) is 7.30. The number of rotatable bonds is 5. The number of furan rings is 1. The molecule has 20 heavy (non-hydrogen) atoms. The first-order valence-electron chi connectivity index (χ1n) is 5.59.